The number of aromatic nitrogens is 1. The minimum atomic E-state index is -0.426. The maximum Gasteiger partial charge on any atom is 0.343 e. The Morgan fingerprint density at radius 1 is 1.10 bits per heavy atom. The van der Waals surface area contributed by atoms with Crippen LogP contribution in [0.3, 0.4) is 0 Å². The second-order valence-corrected chi connectivity index (χ2v) is 6.65. The van der Waals surface area contributed by atoms with Gasteiger partial charge in [-0.2, -0.15) is 0 Å². The molecule has 0 atom stereocenters. The van der Waals surface area contributed by atoms with Gasteiger partial charge in [-0.15, -0.1) is 0 Å². The molecule has 0 spiro atoms. The molecule has 6 heteroatoms. The molecule has 0 unspecified atom stereocenters. The highest BCUT2D eigenvalue weighted by atomic mass is 16.6. The number of methoxy groups -OCH3 is 1. The van der Waals surface area contributed by atoms with Crippen LogP contribution in [0.4, 0.5) is 0 Å². The van der Waals surface area contributed by atoms with Crippen LogP contribution in [0.2, 0.25) is 0 Å². The number of hydrogen-bond acceptors (Lipinski definition) is 6. The van der Waals surface area contributed by atoms with Gasteiger partial charge in [-0.3, -0.25) is 0 Å². The minimum Gasteiger partial charge on any atom is -0.484 e. The van der Waals surface area contributed by atoms with Crippen LogP contribution < -0.4 is 9.47 Å². The fourth-order valence-electron chi connectivity index (χ4n) is 2.85. The summed E-state index contributed by atoms with van der Waals surface area (Å²) in [6.45, 7) is 4.14. The summed E-state index contributed by atoms with van der Waals surface area (Å²) in [6, 6.07) is 13.7. The molecule has 0 aliphatic rings. The van der Waals surface area contributed by atoms with E-state index in [2.05, 4.69) is 28.8 Å². The summed E-state index contributed by atoms with van der Waals surface area (Å²) in [6.07, 6.45) is 3.91. The van der Waals surface area contributed by atoms with Crippen LogP contribution in [0.15, 0.2) is 53.1 Å². The Morgan fingerprint density at radius 3 is 2.59 bits per heavy atom. The molecule has 1 aromatic heterocycles. The number of carbonyl (C=O) groups is 1. The van der Waals surface area contributed by atoms with Crippen molar-refractivity contribution in [2.75, 3.05) is 13.7 Å². The van der Waals surface area contributed by atoms with Gasteiger partial charge in [-0.05, 0) is 42.7 Å². The quantitative estimate of drug-likeness (QED) is 0.488. The zero-order valence-electron chi connectivity index (χ0n) is 16.9. The molecule has 0 fully saturated rings. The average Bonchev–Trinajstić information content (AvgIpc) is 3.21. The second-order valence-electron chi connectivity index (χ2n) is 6.65. The minimum absolute atomic E-state index is 0.129. The molecular formula is C23H25NO5. The standard InChI is InChI=1S/C23H25NO5/c1-4-5-17-6-8-18(9-7-17)21-13-24-22(29-21)14-27-19-10-11-20(16(2)12-19)28-15-23(25)26-3/h6-13H,4-5,14-15H2,1-3H3. The molecule has 0 radical (unpaired) electrons. The Kier molecular flexibility index (Phi) is 6.89. The van der Waals surface area contributed by atoms with E-state index in [9.17, 15) is 4.79 Å². The van der Waals surface area contributed by atoms with Gasteiger partial charge in [0, 0.05) is 5.56 Å². The van der Waals surface area contributed by atoms with E-state index in [1.165, 1.54) is 12.7 Å². The molecular weight excluding hydrogens is 370 g/mol. The summed E-state index contributed by atoms with van der Waals surface area (Å²) >= 11 is 0. The summed E-state index contributed by atoms with van der Waals surface area (Å²) in [4.78, 5) is 15.5. The predicted molar refractivity (Wildman–Crippen MR) is 109 cm³/mol. The molecule has 152 valence electrons. The van der Waals surface area contributed by atoms with Crippen LogP contribution in [0.5, 0.6) is 11.5 Å². The maximum absolute atomic E-state index is 11.2. The number of aryl methyl sites for hydroxylation is 2. The second kappa shape index (κ2) is 9.78. The van der Waals surface area contributed by atoms with E-state index in [0.717, 1.165) is 29.7 Å². The van der Waals surface area contributed by atoms with Crippen molar-refractivity contribution in [2.24, 2.45) is 0 Å². The molecule has 1 heterocycles. The van der Waals surface area contributed by atoms with Crippen LogP contribution in [0.25, 0.3) is 11.3 Å². The third kappa shape index (κ3) is 5.60. The lowest BCUT2D eigenvalue weighted by Gasteiger charge is -2.10. The van der Waals surface area contributed by atoms with Crippen molar-refractivity contribution in [3.63, 3.8) is 0 Å². The lowest BCUT2D eigenvalue weighted by molar-refractivity contribution is -0.142. The highest BCUT2D eigenvalue weighted by Crippen LogP contribution is 2.25. The number of nitrogens with zero attached hydrogens (tertiary/aromatic N) is 1. The van der Waals surface area contributed by atoms with E-state index in [-0.39, 0.29) is 13.2 Å². The average molecular weight is 395 g/mol. The molecule has 0 aliphatic heterocycles. The molecule has 29 heavy (non-hydrogen) atoms. The van der Waals surface area contributed by atoms with Crippen molar-refractivity contribution < 1.29 is 23.4 Å². The van der Waals surface area contributed by atoms with E-state index in [1.54, 1.807) is 18.3 Å². The Hall–Kier alpha value is -3.28. The van der Waals surface area contributed by atoms with E-state index in [0.29, 0.717) is 17.4 Å². The summed E-state index contributed by atoms with van der Waals surface area (Å²) in [7, 11) is 1.32. The fraction of sp³-hybridized carbons (Fsp3) is 0.304. The zero-order valence-corrected chi connectivity index (χ0v) is 16.9. The number of hydrogen-bond donors (Lipinski definition) is 0. The zero-order chi connectivity index (χ0) is 20.6. The largest absolute Gasteiger partial charge is 0.484 e. The van der Waals surface area contributed by atoms with Gasteiger partial charge in [0.15, 0.2) is 19.0 Å². The molecule has 0 N–H and O–H groups in total. The van der Waals surface area contributed by atoms with Crippen molar-refractivity contribution in [3.05, 3.63) is 65.7 Å². The van der Waals surface area contributed by atoms with Crippen LogP contribution in [-0.4, -0.2) is 24.7 Å². The number of carbonyl (C=O) groups excluding carboxylic acids is 1. The number of oxazole rings is 1. The van der Waals surface area contributed by atoms with Crippen LogP contribution in [0.1, 0.15) is 30.4 Å². The van der Waals surface area contributed by atoms with Crippen molar-refractivity contribution in [2.45, 2.75) is 33.3 Å². The number of esters is 1. The van der Waals surface area contributed by atoms with Crippen molar-refractivity contribution in [1.82, 2.24) is 4.98 Å². The summed E-state index contributed by atoms with van der Waals surface area (Å²) in [5, 5.41) is 0. The molecule has 0 saturated heterocycles. The Bertz CT molecular complexity index is 946. The molecule has 0 saturated carbocycles. The first-order chi connectivity index (χ1) is 14.1. The molecule has 3 rings (SSSR count). The fourth-order valence-corrected chi connectivity index (χ4v) is 2.85. The molecule has 6 nitrogen and oxygen atoms in total. The third-order valence-corrected chi connectivity index (χ3v) is 4.41. The van der Waals surface area contributed by atoms with Gasteiger partial charge in [-0.25, -0.2) is 9.78 Å². The first kappa shape index (κ1) is 20.5. The Labute approximate surface area is 170 Å². The highest BCUT2D eigenvalue weighted by Gasteiger charge is 2.09. The normalized spacial score (nSPS) is 10.6. The molecule has 2 aromatic carbocycles. The van der Waals surface area contributed by atoms with Crippen molar-refractivity contribution in [1.29, 1.82) is 0 Å². The third-order valence-electron chi connectivity index (χ3n) is 4.41. The summed E-state index contributed by atoms with van der Waals surface area (Å²) in [5.41, 5.74) is 3.16. The number of benzene rings is 2. The van der Waals surface area contributed by atoms with Crippen molar-refractivity contribution >= 4 is 5.97 Å². The monoisotopic (exact) mass is 395 g/mol. The highest BCUT2D eigenvalue weighted by molar-refractivity contribution is 5.71. The smallest absolute Gasteiger partial charge is 0.343 e. The first-order valence-corrected chi connectivity index (χ1v) is 9.56. The van der Waals surface area contributed by atoms with Gasteiger partial charge in [0.25, 0.3) is 0 Å². The first-order valence-electron chi connectivity index (χ1n) is 9.56. The molecule has 0 amide bonds. The van der Waals surface area contributed by atoms with Gasteiger partial charge >= 0.3 is 5.97 Å². The summed E-state index contributed by atoms with van der Waals surface area (Å²) < 4.78 is 21.6. The van der Waals surface area contributed by atoms with Crippen LogP contribution >= 0.6 is 0 Å². The molecule has 0 bridgehead atoms. The lowest BCUT2D eigenvalue weighted by Crippen LogP contribution is -2.13. The Morgan fingerprint density at radius 2 is 1.90 bits per heavy atom. The predicted octanol–water partition coefficient (Wildman–Crippen LogP) is 4.73. The molecule has 0 aliphatic carbocycles. The van der Waals surface area contributed by atoms with Gasteiger partial charge in [0.05, 0.1) is 13.3 Å². The lowest BCUT2D eigenvalue weighted by atomic mass is 10.1. The SMILES string of the molecule is CCCc1ccc(-c2cnc(COc3ccc(OCC(=O)OC)c(C)c3)o2)cc1. The summed E-state index contributed by atoms with van der Waals surface area (Å²) in [5.74, 6) is 2.06. The van der Waals surface area contributed by atoms with Crippen LogP contribution in [0, 0.1) is 6.92 Å². The topological polar surface area (TPSA) is 70.8 Å². The van der Waals surface area contributed by atoms with Gasteiger partial charge < -0.3 is 18.6 Å². The number of rotatable bonds is 9. The van der Waals surface area contributed by atoms with E-state index < -0.39 is 5.97 Å². The van der Waals surface area contributed by atoms with Crippen molar-refractivity contribution in [3.8, 4) is 22.8 Å². The molecule has 3 aromatic rings. The number of ether oxygens (including phenoxy) is 3. The van der Waals surface area contributed by atoms with E-state index in [4.69, 9.17) is 13.9 Å². The Balaban J connectivity index is 1.58. The van der Waals surface area contributed by atoms with E-state index >= 15 is 0 Å². The van der Waals surface area contributed by atoms with Gasteiger partial charge in [-0.1, -0.05) is 37.6 Å². The maximum atomic E-state index is 11.2. The van der Waals surface area contributed by atoms with E-state index in [1.807, 2.05) is 25.1 Å². The van der Waals surface area contributed by atoms with Crippen LogP contribution in [-0.2, 0) is 22.6 Å². The van der Waals surface area contributed by atoms with Gasteiger partial charge in [0.2, 0.25) is 5.89 Å². The van der Waals surface area contributed by atoms with Gasteiger partial charge in [0.1, 0.15) is 11.5 Å².